The molecule has 0 bridgehead atoms. The first kappa shape index (κ1) is 73.0. The lowest BCUT2D eigenvalue weighted by atomic mass is 9.89. The van der Waals surface area contributed by atoms with Gasteiger partial charge in [0.15, 0.2) is 40.8 Å². The second-order valence-corrected chi connectivity index (χ2v) is 29.9. The van der Waals surface area contributed by atoms with Crippen molar-refractivity contribution in [1.29, 1.82) is 0 Å². The number of unbranched alkanes of at least 4 members (excludes halogenated alkanes) is 2. The number of hydrogen-bond acceptors (Lipinski definition) is 18. The Balaban J connectivity index is 0.557. The third-order valence-corrected chi connectivity index (χ3v) is 21.8. The van der Waals surface area contributed by atoms with Crippen molar-refractivity contribution < 1.29 is 71.9 Å². The van der Waals surface area contributed by atoms with Gasteiger partial charge in [-0.25, -0.2) is 14.4 Å². The molecule has 2 saturated carbocycles. The second-order valence-electron chi connectivity index (χ2n) is 29.9. The van der Waals surface area contributed by atoms with Crippen molar-refractivity contribution in [3.63, 3.8) is 0 Å². The number of carbonyl (C=O) groups is 9. The van der Waals surface area contributed by atoms with Gasteiger partial charge in [0.2, 0.25) is 17.7 Å². The molecule has 0 unspecified atom stereocenters. The van der Waals surface area contributed by atoms with E-state index in [1.165, 1.54) is 7.11 Å². The summed E-state index contributed by atoms with van der Waals surface area (Å²) in [5.74, 6) is -2.29. The number of aliphatic hydroxyl groups is 1. The number of nitrogens with one attached hydrogen (secondary N) is 2. The summed E-state index contributed by atoms with van der Waals surface area (Å²) in [6.45, 7) is 10.6. The van der Waals surface area contributed by atoms with Crippen molar-refractivity contribution in [3.05, 3.63) is 125 Å². The van der Waals surface area contributed by atoms with Gasteiger partial charge in [-0.3, -0.25) is 43.3 Å². The summed E-state index contributed by atoms with van der Waals surface area (Å²) in [6, 6.07) is 27.1. The largest absolute Gasteiger partial charge is 0.493 e. The number of nitrogens with zero attached hydrogens (tertiary/aromatic N) is 8. The van der Waals surface area contributed by atoms with Crippen molar-refractivity contribution >= 4 is 76.3 Å². The number of Topliss-reactive ketones (excluding diaryl/α,β-unsaturated/α-hetero) is 3. The van der Waals surface area contributed by atoms with Gasteiger partial charge in [-0.1, -0.05) is 85.8 Å². The van der Waals surface area contributed by atoms with Crippen LogP contribution in [0.25, 0.3) is 22.5 Å². The van der Waals surface area contributed by atoms with E-state index in [4.69, 9.17) is 28.7 Å². The number of rotatable bonds is 29. The number of carbonyl (C=O) groups excluding carboxylic acids is 9. The van der Waals surface area contributed by atoms with E-state index in [-0.39, 0.29) is 146 Å². The number of benzene rings is 5. The normalized spacial score (nSPS) is 18.8. The number of para-hydroxylation sites is 1. The number of aliphatic hydroxyl groups excluding tert-OH is 1. The molecular formula is C80H92N10O15. The van der Waals surface area contributed by atoms with Crippen molar-refractivity contribution in [1.82, 2.24) is 35.4 Å². The van der Waals surface area contributed by atoms with Crippen molar-refractivity contribution in [2.75, 3.05) is 56.9 Å². The maximum absolute atomic E-state index is 14.5. The quantitative estimate of drug-likeness (QED) is 0.0368. The van der Waals surface area contributed by atoms with Crippen LogP contribution in [-0.2, 0) is 53.1 Å². The number of aliphatic imine (C=N–C) groups is 1. The predicted molar refractivity (Wildman–Crippen MR) is 390 cm³/mol. The van der Waals surface area contributed by atoms with Crippen LogP contribution < -0.4 is 39.4 Å². The van der Waals surface area contributed by atoms with Gasteiger partial charge in [0.25, 0.3) is 11.8 Å². The molecule has 6 heterocycles. The summed E-state index contributed by atoms with van der Waals surface area (Å²) < 4.78 is 31.7. The zero-order valence-corrected chi connectivity index (χ0v) is 60.7. The summed E-state index contributed by atoms with van der Waals surface area (Å²) in [4.78, 5) is 135. The van der Waals surface area contributed by atoms with Gasteiger partial charge >= 0.3 is 6.09 Å². The fourth-order valence-electron chi connectivity index (χ4n) is 15.2. The minimum absolute atomic E-state index is 0.0128. The first-order valence-electron chi connectivity index (χ1n) is 36.7. The van der Waals surface area contributed by atoms with Crippen LogP contribution >= 0.6 is 0 Å². The lowest BCUT2D eigenvalue weighted by Crippen LogP contribution is -2.50. The highest BCUT2D eigenvalue weighted by Crippen LogP contribution is 2.58. The van der Waals surface area contributed by atoms with Crippen LogP contribution in [0.2, 0.25) is 0 Å². The van der Waals surface area contributed by atoms with E-state index in [1.54, 1.807) is 86.2 Å². The number of fused-ring (bicyclic) bond motifs is 9. The fourth-order valence-corrected chi connectivity index (χ4v) is 15.2. The van der Waals surface area contributed by atoms with E-state index in [2.05, 4.69) is 20.9 Å². The Labute approximate surface area is 610 Å². The summed E-state index contributed by atoms with van der Waals surface area (Å²) in [5, 5.41) is 26.6. The number of anilines is 2. The maximum Gasteiger partial charge on any atom is 0.416 e. The van der Waals surface area contributed by atoms with Crippen LogP contribution in [0.15, 0.2) is 102 Å². The topological polar surface area (TPSA) is 300 Å². The van der Waals surface area contributed by atoms with E-state index in [9.17, 15) is 48.3 Å². The summed E-state index contributed by atoms with van der Waals surface area (Å²) in [5.41, 5.74) is 7.36. The molecule has 5 atom stereocenters. The Bertz CT molecular complexity index is 4400. The molecule has 5 aromatic carbocycles. The predicted octanol–water partition coefficient (Wildman–Crippen LogP) is 10.7. The number of aromatic nitrogens is 3. The molecule has 7 aliphatic rings. The number of amides is 6. The zero-order chi connectivity index (χ0) is 74.0. The molecule has 6 aromatic rings. The van der Waals surface area contributed by atoms with Crippen molar-refractivity contribution in [3.8, 4) is 45.5 Å². The molecule has 6 amide bonds. The van der Waals surface area contributed by atoms with Crippen LogP contribution in [-0.4, -0.2) is 161 Å². The molecule has 2 aliphatic carbocycles. The SMILES string of the molecule is COc1cc2c(cc1OCCCCCOc1cc3c(cc1OC)C(=O)N1CC4(CC4)C[C@H]1[C@H](O)N3C(=O)OCc1ccc(CC(=O)[C@H](C)NC(=O)[C@@H](CC(=O)CNC(=O)CCC(=O)CCC(=O)N3Cc4ccccc4-c4nnn(C(C)C)c4-c4ccccc43)C(C)C)cc1)N=C[C@@H]1CC3(CC3)CN1C2=O. The molecule has 3 N–H and O–H groups in total. The highest BCUT2D eigenvalue weighted by Gasteiger charge is 2.58. The van der Waals surface area contributed by atoms with Crippen molar-refractivity contribution in [2.24, 2.45) is 27.7 Å². The average Bonchev–Trinajstić information content (AvgIpc) is 1.58. The maximum atomic E-state index is 14.5. The molecule has 4 fully saturated rings. The van der Waals surface area contributed by atoms with Crippen LogP contribution in [0.3, 0.4) is 0 Å². The molecule has 5 aliphatic heterocycles. The number of methoxy groups -OCH3 is 2. The minimum Gasteiger partial charge on any atom is -0.493 e. The van der Waals surface area contributed by atoms with E-state index >= 15 is 0 Å². The molecular weight excluding hydrogens is 1340 g/mol. The third-order valence-electron chi connectivity index (χ3n) is 21.8. The lowest BCUT2D eigenvalue weighted by Gasteiger charge is -2.31. The minimum atomic E-state index is -1.46. The van der Waals surface area contributed by atoms with Crippen molar-refractivity contribution in [2.45, 2.75) is 174 Å². The van der Waals surface area contributed by atoms with Gasteiger partial charge < -0.3 is 54.1 Å². The van der Waals surface area contributed by atoms with Crippen LogP contribution in [0.1, 0.15) is 168 Å². The van der Waals surface area contributed by atoms with Gasteiger partial charge in [-0.15, -0.1) is 5.10 Å². The van der Waals surface area contributed by atoms with Crippen LogP contribution in [0.5, 0.6) is 23.0 Å². The highest BCUT2D eigenvalue weighted by atomic mass is 16.6. The molecule has 25 heteroatoms. The molecule has 105 heavy (non-hydrogen) atoms. The molecule has 13 rings (SSSR count). The van der Waals surface area contributed by atoms with Gasteiger partial charge in [0.1, 0.15) is 18.1 Å². The Morgan fingerprint density at radius 3 is 2.00 bits per heavy atom. The second kappa shape index (κ2) is 30.8. The first-order chi connectivity index (χ1) is 50.5. The van der Waals surface area contributed by atoms with E-state index in [0.29, 0.717) is 78.4 Å². The standard InChI is InChI=1S/C80H92N10O15/c1-47(2)58(34-55(92)42-82-70(94)25-23-54(91)24-26-71(95)86-43-52-15-9-10-16-56(52)72-73(90(48(3)4)85-84-72)57-17-11-12-18-62(57)86)74(96)83-49(5)65(93)33-50-19-21-51(22-20-50)44-105-78(100)89-63-38-69(67(102-7)36-60(63)76(98)88-46-80(29-30-80)40-64(88)77(89)99)104-32-14-8-13-31-103-68-37-61-59(35-66(68)101-6)75(97)87-45-79(27-28-79)39-53(87)41-81-61/h9-12,15-22,35-38,41,47-49,53,58,64,77,99H,8,13-14,23-34,39-40,42-46H2,1-7H3,(H,82,94)(H,83,96)/t49-,53-,58-,64-,77-/m0/s1. The molecule has 1 aromatic heterocycles. The first-order valence-corrected chi connectivity index (χ1v) is 36.7. The summed E-state index contributed by atoms with van der Waals surface area (Å²) in [7, 11) is 3.02. The summed E-state index contributed by atoms with van der Waals surface area (Å²) in [6.07, 6.45) is 6.31. The third kappa shape index (κ3) is 15.7. The molecule has 0 radical (unpaired) electrons. The van der Waals surface area contributed by atoms with E-state index in [0.717, 1.165) is 71.6 Å². The highest BCUT2D eigenvalue weighted by molar-refractivity contribution is 6.07. The monoisotopic (exact) mass is 1430 g/mol. The number of ketones is 3. The van der Waals surface area contributed by atoms with Gasteiger partial charge in [0, 0.05) is 93.0 Å². The smallest absolute Gasteiger partial charge is 0.416 e. The van der Waals surface area contributed by atoms with Gasteiger partial charge in [0.05, 0.1) is 92.5 Å². The molecule has 2 saturated heterocycles. The van der Waals surface area contributed by atoms with E-state index < -0.39 is 47.9 Å². The summed E-state index contributed by atoms with van der Waals surface area (Å²) >= 11 is 0. The van der Waals surface area contributed by atoms with Crippen LogP contribution in [0, 0.1) is 22.7 Å². The van der Waals surface area contributed by atoms with Crippen LogP contribution in [0.4, 0.5) is 21.9 Å². The number of ether oxygens (including phenoxy) is 5. The van der Waals surface area contributed by atoms with Gasteiger partial charge in [-0.2, -0.15) is 0 Å². The average molecular weight is 1430 g/mol. The Kier molecular flexibility index (Phi) is 21.4. The zero-order valence-electron chi connectivity index (χ0n) is 60.7. The Hall–Kier alpha value is -10.3. The fraction of sp³-hybridized carbons (Fsp3) is 0.475. The Morgan fingerprint density at radius 1 is 0.667 bits per heavy atom. The van der Waals surface area contributed by atoms with Gasteiger partial charge in [-0.05, 0) is 130 Å². The number of hydrogen-bond donors (Lipinski definition) is 3. The molecule has 2 spiro atoms. The molecule has 25 nitrogen and oxygen atoms in total. The Morgan fingerprint density at radius 2 is 1.30 bits per heavy atom. The lowest BCUT2D eigenvalue weighted by molar-refractivity contribution is -0.133. The van der Waals surface area contributed by atoms with E-state index in [1.807, 2.05) is 78.2 Å². The molecule has 552 valence electrons.